The van der Waals surface area contributed by atoms with Gasteiger partial charge in [-0.15, -0.1) is 11.3 Å². The lowest BCUT2D eigenvalue weighted by atomic mass is 10.6. The zero-order chi connectivity index (χ0) is 14.1. The highest BCUT2D eigenvalue weighted by atomic mass is 32.2. The number of guanidine groups is 1. The summed E-state index contributed by atoms with van der Waals surface area (Å²) in [5, 5.41) is 10.9. The van der Waals surface area contributed by atoms with Crippen molar-refractivity contribution in [2.45, 2.75) is 12.2 Å². The molecule has 0 unspecified atom stereocenters. The number of nitriles is 1. The molecule has 7 nitrogen and oxygen atoms in total. The smallest absolute Gasteiger partial charge is 0.215 e. The average molecular weight is 315 g/mol. The van der Waals surface area contributed by atoms with Crippen molar-refractivity contribution < 1.29 is 0 Å². The van der Waals surface area contributed by atoms with Gasteiger partial charge in [-0.1, -0.05) is 0 Å². The number of aromatic nitrogens is 1. The van der Waals surface area contributed by atoms with E-state index in [-0.39, 0.29) is 11.1 Å². The molecule has 0 saturated heterocycles. The molecular formula is C9H13N7S3. The summed E-state index contributed by atoms with van der Waals surface area (Å²) in [6.07, 6.45) is 0.543. The second-order valence-electron chi connectivity index (χ2n) is 3.19. The minimum atomic E-state index is 0.0758. The highest BCUT2D eigenvalue weighted by molar-refractivity contribution is 7.98. The molecule has 0 amide bonds. The van der Waals surface area contributed by atoms with Crippen LogP contribution in [-0.2, 0) is 5.75 Å². The van der Waals surface area contributed by atoms with Crippen LogP contribution >= 0.6 is 35.3 Å². The summed E-state index contributed by atoms with van der Waals surface area (Å²) in [7, 11) is 0. The van der Waals surface area contributed by atoms with E-state index in [0.29, 0.717) is 11.6 Å². The van der Waals surface area contributed by atoms with Gasteiger partial charge in [-0.3, -0.25) is 10.9 Å². The fourth-order valence-corrected chi connectivity index (χ4v) is 2.56. The van der Waals surface area contributed by atoms with Crippen molar-refractivity contribution >= 4 is 51.5 Å². The van der Waals surface area contributed by atoms with E-state index in [9.17, 15) is 0 Å². The number of hydrazine groups is 1. The molecule has 1 aromatic heterocycles. The quantitative estimate of drug-likeness (QED) is 0.204. The van der Waals surface area contributed by atoms with Gasteiger partial charge < -0.3 is 11.5 Å². The Kier molecular flexibility index (Phi) is 6.94. The molecule has 0 spiro atoms. The lowest BCUT2D eigenvalue weighted by Gasteiger charge is -2.04. The van der Waals surface area contributed by atoms with Crippen LogP contribution in [0.15, 0.2) is 10.4 Å². The van der Waals surface area contributed by atoms with Gasteiger partial charge in [0.25, 0.3) is 0 Å². The number of nitrogens with zero attached hydrogens (tertiary/aromatic N) is 3. The average Bonchev–Trinajstić information content (AvgIpc) is 2.80. The number of aliphatic imine (C=N–C) groups is 1. The van der Waals surface area contributed by atoms with Gasteiger partial charge in [0, 0.05) is 23.3 Å². The van der Waals surface area contributed by atoms with Gasteiger partial charge in [0.2, 0.25) is 11.1 Å². The third-order valence-corrected chi connectivity index (χ3v) is 3.56. The molecule has 6 N–H and O–H groups in total. The fourth-order valence-electron chi connectivity index (χ4n) is 0.965. The van der Waals surface area contributed by atoms with E-state index >= 15 is 0 Å². The number of rotatable bonds is 5. The van der Waals surface area contributed by atoms with Gasteiger partial charge in [-0.2, -0.15) is 22.0 Å². The van der Waals surface area contributed by atoms with Crippen molar-refractivity contribution in [3.63, 3.8) is 0 Å². The summed E-state index contributed by atoms with van der Waals surface area (Å²) in [6, 6.07) is 2.10. The SMILES string of the molecule is N#CCCSCc1csc(N=C(N)NNC(N)=S)n1. The molecule has 0 aliphatic rings. The summed E-state index contributed by atoms with van der Waals surface area (Å²) >= 11 is 7.65. The van der Waals surface area contributed by atoms with E-state index in [2.05, 4.69) is 39.1 Å². The first-order chi connectivity index (χ1) is 9.11. The first kappa shape index (κ1) is 15.5. The number of thioether (sulfide) groups is 1. The number of nitrogens with one attached hydrogen (secondary N) is 2. The zero-order valence-electron chi connectivity index (χ0n) is 9.92. The van der Waals surface area contributed by atoms with Gasteiger partial charge in [0.15, 0.2) is 5.11 Å². The van der Waals surface area contributed by atoms with Crippen LogP contribution in [-0.4, -0.2) is 21.8 Å². The Labute approximate surface area is 124 Å². The molecule has 0 aliphatic carbocycles. The molecule has 0 saturated carbocycles. The first-order valence-corrected chi connectivity index (χ1v) is 7.61. The maximum atomic E-state index is 8.42. The molecule has 102 valence electrons. The van der Waals surface area contributed by atoms with Crippen LogP contribution in [0.4, 0.5) is 5.13 Å². The van der Waals surface area contributed by atoms with E-state index in [1.165, 1.54) is 11.3 Å². The monoisotopic (exact) mass is 315 g/mol. The molecule has 0 aliphatic heterocycles. The molecule has 0 radical (unpaired) electrons. The zero-order valence-corrected chi connectivity index (χ0v) is 12.4. The van der Waals surface area contributed by atoms with Gasteiger partial charge in [0.1, 0.15) is 0 Å². The molecule has 0 bridgehead atoms. The van der Waals surface area contributed by atoms with Crippen molar-refractivity contribution in [1.29, 1.82) is 5.26 Å². The predicted molar refractivity (Wildman–Crippen MR) is 82.8 cm³/mol. The second-order valence-corrected chi connectivity index (χ2v) is 5.57. The summed E-state index contributed by atoms with van der Waals surface area (Å²) in [4.78, 5) is 8.34. The molecule has 1 rings (SSSR count). The summed E-state index contributed by atoms with van der Waals surface area (Å²) in [6.45, 7) is 0. The van der Waals surface area contributed by atoms with Crippen LogP contribution in [0.1, 0.15) is 12.1 Å². The van der Waals surface area contributed by atoms with Gasteiger partial charge in [-0.05, 0) is 12.2 Å². The van der Waals surface area contributed by atoms with Gasteiger partial charge in [-0.25, -0.2) is 4.98 Å². The minimum absolute atomic E-state index is 0.0758. The van der Waals surface area contributed by atoms with Gasteiger partial charge >= 0.3 is 0 Å². The van der Waals surface area contributed by atoms with Crippen molar-refractivity contribution in [1.82, 2.24) is 15.8 Å². The second kappa shape index (κ2) is 8.52. The Hall–Kier alpha value is -1.57. The number of hydrogen-bond acceptors (Lipinski definition) is 6. The summed E-state index contributed by atoms with van der Waals surface area (Å²) in [5.74, 6) is 1.69. The lowest BCUT2D eigenvalue weighted by molar-refractivity contribution is 0.858. The van der Waals surface area contributed by atoms with Crippen molar-refractivity contribution in [2.75, 3.05) is 5.75 Å². The van der Waals surface area contributed by atoms with E-state index in [1.54, 1.807) is 11.8 Å². The van der Waals surface area contributed by atoms with E-state index in [1.807, 2.05) is 5.38 Å². The van der Waals surface area contributed by atoms with E-state index < -0.39 is 0 Å². The molecule has 0 aromatic carbocycles. The van der Waals surface area contributed by atoms with Crippen LogP contribution in [0.3, 0.4) is 0 Å². The highest BCUT2D eigenvalue weighted by Gasteiger charge is 2.02. The molecule has 0 atom stereocenters. The van der Waals surface area contributed by atoms with Gasteiger partial charge in [0.05, 0.1) is 11.8 Å². The first-order valence-electron chi connectivity index (χ1n) is 5.16. The predicted octanol–water partition coefficient (Wildman–Crippen LogP) is 0.574. The minimum Gasteiger partial charge on any atom is -0.375 e. The fraction of sp³-hybridized carbons (Fsp3) is 0.333. The van der Waals surface area contributed by atoms with Crippen LogP contribution < -0.4 is 22.3 Å². The molecule has 1 aromatic rings. The summed E-state index contributed by atoms with van der Waals surface area (Å²) in [5.41, 5.74) is 16.7. The Morgan fingerprint density at radius 1 is 1.58 bits per heavy atom. The Morgan fingerprint density at radius 3 is 3.05 bits per heavy atom. The maximum absolute atomic E-state index is 8.42. The Morgan fingerprint density at radius 2 is 2.37 bits per heavy atom. The molecule has 1 heterocycles. The third-order valence-electron chi connectivity index (χ3n) is 1.68. The Balaban J connectivity index is 2.43. The molecule has 19 heavy (non-hydrogen) atoms. The maximum Gasteiger partial charge on any atom is 0.215 e. The summed E-state index contributed by atoms with van der Waals surface area (Å²) < 4.78 is 0. The van der Waals surface area contributed by atoms with Crippen LogP contribution in [0, 0.1) is 11.3 Å². The topological polar surface area (TPSA) is 125 Å². The molecular weight excluding hydrogens is 302 g/mol. The van der Waals surface area contributed by atoms with Crippen LogP contribution in [0.2, 0.25) is 0 Å². The van der Waals surface area contributed by atoms with E-state index in [0.717, 1.165) is 17.2 Å². The Bertz CT molecular complexity index is 490. The normalized spacial score (nSPS) is 10.8. The van der Waals surface area contributed by atoms with Crippen molar-refractivity contribution in [3.8, 4) is 6.07 Å². The van der Waals surface area contributed by atoms with Crippen molar-refractivity contribution in [3.05, 3.63) is 11.1 Å². The number of thiazole rings is 1. The number of nitrogens with two attached hydrogens (primary N) is 2. The van der Waals surface area contributed by atoms with Crippen molar-refractivity contribution in [2.24, 2.45) is 16.5 Å². The number of thiocarbonyl (C=S) groups is 1. The largest absolute Gasteiger partial charge is 0.375 e. The molecule has 0 fully saturated rings. The van der Waals surface area contributed by atoms with Crippen LogP contribution in [0.5, 0.6) is 0 Å². The molecule has 10 heteroatoms. The standard InChI is InChI=1S/C9H13N7S3/c10-2-1-3-18-4-6-5-19-9(13-6)14-7(11)15-16-8(12)17/h5H,1,3-4H2,(H3,12,16,17)(H3,11,13,14,15). The van der Waals surface area contributed by atoms with E-state index in [4.69, 9.17) is 16.7 Å². The number of hydrogen-bond donors (Lipinski definition) is 4. The highest BCUT2D eigenvalue weighted by Crippen LogP contribution is 2.21. The third kappa shape index (κ3) is 6.80. The van der Waals surface area contributed by atoms with Crippen LogP contribution in [0.25, 0.3) is 0 Å². The lowest BCUT2D eigenvalue weighted by Crippen LogP contribution is -2.47.